The molecule has 0 aliphatic rings. The van der Waals surface area contributed by atoms with Crippen LogP contribution >= 0.6 is 0 Å². The van der Waals surface area contributed by atoms with Gasteiger partial charge in [0.15, 0.2) is 0 Å². The van der Waals surface area contributed by atoms with Crippen LogP contribution in [0.2, 0.25) is 0 Å². The highest BCUT2D eigenvalue weighted by atomic mass is 16.1. The molecular formula is C25H31N5O. The summed E-state index contributed by atoms with van der Waals surface area (Å²) in [5, 5.41) is 8.20. The minimum absolute atomic E-state index is 0.177. The molecule has 162 valence electrons. The molecule has 6 nitrogen and oxygen atoms in total. The van der Waals surface area contributed by atoms with Gasteiger partial charge in [0.2, 0.25) is 0 Å². The van der Waals surface area contributed by atoms with E-state index in [2.05, 4.69) is 63.9 Å². The smallest absolute Gasteiger partial charge is 0.256 e. The second-order valence-electron chi connectivity index (χ2n) is 7.87. The fourth-order valence-corrected chi connectivity index (χ4v) is 3.49. The van der Waals surface area contributed by atoms with Gasteiger partial charge >= 0.3 is 0 Å². The zero-order valence-corrected chi connectivity index (χ0v) is 18.8. The Morgan fingerprint density at radius 2 is 1.90 bits per heavy atom. The lowest BCUT2D eigenvalue weighted by Crippen LogP contribution is -2.15. The molecule has 1 amide bonds. The summed E-state index contributed by atoms with van der Waals surface area (Å²) in [6.07, 6.45) is 7.44. The molecule has 2 N–H and O–H groups in total. The van der Waals surface area contributed by atoms with E-state index in [4.69, 9.17) is 0 Å². The molecule has 0 saturated carbocycles. The van der Waals surface area contributed by atoms with Crippen LogP contribution in [0.3, 0.4) is 0 Å². The third-order valence-electron chi connectivity index (χ3n) is 5.17. The summed E-state index contributed by atoms with van der Waals surface area (Å²) < 4.78 is 0. The zero-order valence-electron chi connectivity index (χ0n) is 18.8. The minimum atomic E-state index is -0.177. The van der Waals surface area contributed by atoms with Crippen LogP contribution in [-0.4, -0.2) is 55.0 Å². The van der Waals surface area contributed by atoms with Crippen LogP contribution in [0.1, 0.15) is 35.0 Å². The van der Waals surface area contributed by atoms with Gasteiger partial charge in [-0.05, 0) is 88.2 Å². The Bertz CT molecular complexity index is 1070. The van der Waals surface area contributed by atoms with E-state index in [0.29, 0.717) is 11.4 Å². The second kappa shape index (κ2) is 10.8. The van der Waals surface area contributed by atoms with Gasteiger partial charge in [0.1, 0.15) is 5.82 Å². The summed E-state index contributed by atoms with van der Waals surface area (Å²) in [6.45, 7) is 3.83. The Morgan fingerprint density at radius 3 is 2.65 bits per heavy atom. The van der Waals surface area contributed by atoms with E-state index in [0.717, 1.165) is 48.0 Å². The van der Waals surface area contributed by atoms with Crippen molar-refractivity contribution in [3.05, 3.63) is 71.7 Å². The Labute approximate surface area is 184 Å². The number of fused-ring (bicyclic) bond motifs is 1. The van der Waals surface area contributed by atoms with Crippen molar-refractivity contribution in [1.29, 1.82) is 0 Å². The van der Waals surface area contributed by atoms with Crippen molar-refractivity contribution in [2.45, 2.75) is 19.8 Å². The molecule has 31 heavy (non-hydrogen) atoms. The largest absolute Gasteiger partial charge is 0.316 e. The maximum absolute atomic E-state index is 12.8. The van der Waals surface area contributed by atoms with E-state index in [9.17, 15) is 4.79 Å². The summed E-state index contributed by atoms with van der Waals surface area (Å²) in [5.74, 6) is 0.361. The SMILES string of the molecule is C/C=C(\CNC)c1ccc2cnc(NC(=O)c3ccnc(CCCN(C)C)c3)cc2c1. The Balaban J connectivity index is 1.76. The van der Waals surface area contributed by atoms with Crippen molar-refractivity contribution in [2.75, 3.05) is 39.5 Å². The fraction of sp³-hybridized carbons (Fsp3) is 0.320. The van der Waals surface area contributed by atoms with E-state index < -0.39 is 0 Å². The molecule has 2 heterocycles. The van der Waals surface area contributed by atoms with Gasteiger partial charge in [-0.25, -0.2) is 4.98 Å². The van der Waals surface area contributed by atoms with Crippen molar-refractivity contribution in [3.8, 4) is 0 Å². The van der Waals surface area contributed by atoms with Gasteiger partial charge in [-0.2, -0.15) is 0 Å². The number of pyridine rings is 2. The Morgan fingerprint density at radius 1 is 1.06 bits per heavy atom. The van der Waals surface area contributed by atoms with Crippen LogP contribution in [0, 0.1) is 0 Å². The van der Waals surface area contributed by atoms with Crippen molar-refractivity contribution < 1.29 is 4.79 Å². The standard InChI is InChI=1S/C25H31N5O/c1-5-18(16-26-2)19-8-9-21-17-28-24(15-22(21)13-19)29-25(31)20-10-11-27-23(14-20)7-6-12-30(3)4/h5,8-11,13-15,17,26H,6-7,12,16H2,1-4H3,(H,28,29,31)/b18-5+. The number of aryl methyl sites for hydroxylation is 1. The summed E-state index contributed by atoms with van der Waals surface area (Å²) in [7, 11) is 6.04. The van der Waals surface area contributed by atoms with Crippen molar-refractivity contribution >= 4 is 28.1 Å². The number of nitrogens with zero attached hydrogens (tertiary/aromatic N) is 3. The quantitative estimate of drug-likeness (QED) is 0.551. The maximum Gasteiger partial charge on any atom is 0.256 e. The number of hydrogen-bond acceptors (Lipinski definition) is 5. The van der Waals surface area contributed by atoms with Gasteiger partial charge in [-0.3, -0.25) is 9.78 Å². The molecule has 6 heteroatoms. The predicted octanol–water partition coefficient (Wildman–Crippen LogP) is 4.00. The highest BCUT2D eigenvalue weighted by Gasteiger charge is 2.10. The molecule has 0 aliphatic carbocycles. The molecule has 0 unspecified atom stereocenters. The first kappa shape index (κ1) is 22.6. The number of amides is 1. The van der Waals surface area contributed by atoms with Crippen molar-refractivity contribution in [1.82, 2.24) is 20.2 Å². The number of benzene rings is 1. The number of hydrogen-bond donors (Lipinski definition) is 2. The number of nitrogens with one attached hydrogen (secondary N) is 2. The molecule has 2 aromatic heterocycles. The first-order valence-electron chi connectivity index (χ1n) is 10.6. The van der Waals surface area contributed by atoms with Gasteiger partial charge in [-0.1, -0.05) is 18.2 Å². The topological polar surface area (TPSA) is 70.1 Å². The van der Waals surface area contributed by atoms with Crippen molar-refractivity contribution in [2.24, 2.45) is 0 Å². The number of carbonyl (C=O) groups excluding carboxylic acids is 1. The predicted molar refractivity (Wildman–Crippen MR) is 128 cm³/mol. The number of rotatable bonds is 9. The highest BCUT2D eigenvalue weighted by molar-refractivity contribution is 6.04. The molecule has 0 spiro atoms. The summed E-state index contributed by atoms with van der Waals surface area (Å²) >= 11 is 0. The average molecular weight is 418 g/mol. The summed E-state index contributed by atoms with van der Waals surface area (Å²) in [5.41, 5.74) is 3.90. The van der Waals surface area contributed by atoms with E-state index in [1.165, 1.54) is 5.57 Å². The lowest BCUT2D eigenvalue weighted by molar-refractivity contribution is 0.102. The van der Waals surface area contributed by atoms with Crippen LogP contribution in [0.25, 0.3) is 16.3 Å². The minimum Gasteiger partial charge on any atom is -0.316 e. The second-order valence-corrected chi connectivity index (χ2v) is 7.87. The lowest BCUT2D eigenvalue weighted by Gasteiger charge is -2.10. The molecule has 0 fully saturated rings. The molecule has 0 bridgehead atoms. The molecular weight excluding hydrogens is 386 g/mol. The zero-order chi connectivity index (χ0) is 22.2. The van der Waals surface area contributed by atoms with Gasteiger partial charge < -0.3 is 15.5 Å². The molecule has 0 radical (unpaired) electrons. The number of likely N-dealkylation sites (N-methyl/N-ethyl adjacent to an activating group) is 1. The Hall–Kier alpha value is -3.09. The first-order chi connectivity index (χ1) is 15.0. The molecule has 0 saturated heterocycles. The number of allylic oxidation sites excluding steroid dienone is 1. The van der Waals surface area contributed by atoms with E-state index in [1.54, 1.807) is 18.5 Å². The number of aromatic nitrogens is 2. The number of carbonyl (C=O) groups is 1. The lowest BCUT2D eigenvalue weighted by atomic mass is 10.0. The average Bonchev–Trinajstić information content (AvgIpc) is 2.77. The third kappa shape index (κ3) is 6.20. The van der Waals surface area contributed by atoms with Crippen LogP contribution in [-0.2, 0) is 6.42 Å². The number of anilines is 1. The van der Waals surface area contributed by atoms with E-state index in [-0.39, 0.29) is 5.91 Å². The summed E-state index contributed by atoms with van der Waals surface area (Å²) in [6, 6.07) is 11.8. The molecule has 0 aliphatic heterocycles. The van der Waals surface area contributed by atoms with Gasteiger partial charge in [-0.15, -0.1) is 0 Å². The maximum atomic E-state index is 12.8. The highest BCUT2D eigenvalue weighted by Crippen LogP contribution is 2.23. The van der Waals surface area contributed by atoms with Crippen LogP contribution in [0.4, 0.5) is 5.82 Å². The van der Waals surface area contributed by atoms with E-state index in [1.807, 2.05) is 26.1 Å². The molecule has 3 rings (SSSR count). The van der Waals surface area contributed by atoms with Crippen LogP contribution < -0.4 is 10.6 Å². The van der Waals surface area contributed by atoms with Gasteiger partial charge in [0, 0.05) is 35.6 Å². The van der Waals surface area contributed by atoms with Crippen LogP contribution in [0.5, 0.6) is 0 Å². The molecule has 3 aromatic rings. The molecule has 1 aromatic carbocycles. The summed E-state index contributed by atoms with van der Waals surface area (Å²) in [4.78, 5) is 23.7. The molecule has 0 atom stereocenters. The van der Waals surface area contributed by atoms with Gasteiger partial charge in [0.25, 0.3) is 5.91 Å². The normalized spacial score (nSPS) is 11.8. The third-order valence-corrected chi connectivity index (χ3v) is 5.17. The van der Waals surface area contributed by atoms with E-state index >= 15 is 0 Å². The van der Waals surface area contributed by atoms with Crippen molar-refractivity contribution in [3.63, 3.8) is 0 Å². The monoisotopic (exact) mass is 417 g/mol. The fourth-order valence-electron chi connectivity index (χ4n) is 3.49. The van der Waals surface area contributed by atoms with Gasteiger partial charge in [0.05, 0.1) is 0 Å². The first-order valence-corrected chi connectivity index (χ1v) is 10.6. The van der Waals surface area contributed by atoms with Crippen LogP contribution in [0.15, 0.2) is 54.9 Å². The Kier molecular flexibility index (Phi) is 7.87.